The predicted octanol–water partition coefficient (Wildman–Crippen LogP) is 2.41. The molecule has 3 rings (SSSR count). The number of carboxylic acids is 1. The number of ether oxygens (including phenoxy) is 1. The molecule has 1 aliphatic rings. The Balaban J connectivity index is 2.19. The molecule has 0 bridgehead atoms. The minimum Gasteiger partial charge on any atom is -0.494 e. The van der Waals surface area contributed by atoms with Crippen molar-refractivity contribution in [3.05, 3.63) is 35.5 Å². The first-order valence-electron chi connectivity index (χ1n) is 7.12. The highest BCUT2D eigenvalue weighted by molar-refractivity contribution is 6.04. The van der Waals surface area contributed by atoms with Crippen LogP contribution in [-0.4, -0.2) is 36.3 Å². The molecule has 1 saturated heterocycles. The van der Waals surface area contributed by atoms with Gasteiger partial charge in [-0.15, -0.1) is 0 Å². The van der Waals surface area contributed by atoms with Crippen molar-refractivity contribution in [3.63, 3.8) is 0 Å². The molecule has 0 saturated carbocycles. The minimum absolute atomic E-state index is 0.299. The second kappa shape index (κ2) is 5.69. The third kappa shape index (κ3) is 2.56. The van der Waals surface area contributed by atoms with Gasteiger partial charge in [0.1, 0.15) is 11.3 Å². The average molecular weight is 286 g/mol. The van der Waals surface area contributed by atoms with Gasteiger partial charge in [0.05, 0.1) is 12.7 Å². The number of piperidine rings is 1. The van der Waals surface area contributed by atoms with E-state index in [-0.39, 0.29) is 0 Å². The lowest BCUT2D eigenvalue weighted by molar-refractivity contribution is 0.0699. The summed E-state index contributed by atoms with van der Waals surface area (Å²) in [6, 6.07) is 7.10. The van der Waals surface area contributed by atoms with Gasteiger partial charge in [-0.25, -0.2) is 9.78 Å². The van der Waals surface area contributed by atoms with E-state index in [0.29, 0.717) is 28.1 Å². The zero-order valence-electron chi connectivity index (χ0n) is 11.9. The molecule has 5 heteroatoms. The zero-order valence-corrected chi connectivity index (χ0v) is 11.9. The monoisotopic (exact) mass is 286 g/mol. The van der Waals surface area contributed by atoms with Crippen molar-refractivity contribution in [1.82, 2.24) is 10.3 Å². The smallest absolute Gasteiger partial charge is 0.336 e. The van der Waals surface area contributed by atoms with Crippen molar-refractivity contribution in [2.45, 2.75) is 18.8 Å². The van der Waals surface area contributed by atoms with Crippen LogP contribution >= 0.6 is 0 Å². The number of aromatic carboxylic acids is 1. The second-order valence-corrected chi connectivity index (χ2v) is 5.28. The minimum atomic E-state index is -0.925. The van der Waals surface area contributed by atoms with Crippen molar-refractivity contribution in [2.24, 2.45) is 0 Å². The van der Waals surface area contributed by atoms with Crippen molar-refractivity contribution in [3.8, 4) is 5.75 Å². The van der Waals surface area contributed by atoms with Crippen molar-refractivity contribution < 1.29 is 14.6 Å². The fourth-order valence-electron chi connectivity index (χ4n) is 2.91. The SMILES string of the molecule is COc1cccc2c(C(=O)O)cc(C3CCNCC3)nc12. The third-order valence-corrected chi connectivity index (χ3v) is 4.03. The Labute approximate surface area is 123 Å². The number of rotatable bonds is 3. The summed E-state index contributed by atoms with van der Waals surface area (Å²) in [4.78, 5) is 16.3. The first kappa shape index (κ1) is 13.8. The maximum absolute atomic E-state index is 11.6. The number of hydrogen-bond acceptors (Lipinski definition) is 4. The Hall–Kier alpha value is -2.14. The number of benzene rings is 1. The summed E-state index contributed by atoms with van der Waals surface area (Å²) in [5, 5.41) is 13.4. The second-order valence-electron chi connectivity index (χ2n) is 5.28. The van der Waals surface area contributed by atoms with E-state index in [9.17, 15) is 9.90 Å². The van der Waals surface area contributed by atoms with E-state index >= 15 is 0 Å². The van der Waals surface area contributed by atoms with Gasteiger partial charge in [0.15, 0.2) is 0 Å². The maximum atomic E-state index is 11.6. The number of aromatic nitrogens is 1. The highest BCUT2D eigenvalue weighted by Crippen LogP contribution is 2.31. The number of carbonyl (C=O) groups is 1. The van der Waals surface area contributed by atoms with Gasteiger partial charge in [-0.3, -0.25) is 0 Å². The van der Waals surface area contributed by atoms with Crippen molar-refractivity contribution in [1.29, 1.82) is 0 Å². The number of methoxy groups -OCH3 is 1. The first-order valence-corrected chi connectivity index (χ1v) is 7.12. The molecular weight excluding hydrogens is 268 g/mol. The fraction of sp³-hybridized carbons (Fsp3) is 0.375. The molecule has 2 heterocycles. The Morgan fingerprint density at radius 2 is 2.14 bits per heavy atom. The van der Waals surface area contributed by atoms with Crippen LogP contribution in [0.4, 0.5) is 0 Å². The van der Waals surface area contributed by atoms with E-state index in [0.717, 1.165) is 31.6 Å². The van der Waals surface area contributed by atoms with Gasteiger partial charge in [0.2, 0.25) is 0 Å². The Morgan fingerprint density at radius 3 is 2.81 bits per heavy atom. The standard InChI is InChI=1S/C16H18N2O3/c1-21-14-4-2-3-11-12(16(19)20)9-13(18-15(11)14)10-5-7-17-8-6-10/h2-4,9-10,17H,5-8H2,1H3,(H,19,20). The fourth-order valence-corrected chi connectivity index (χ4v) is 2.91. The Morgan fingerprint density at radius 1 is 1.38 bits per heavy atom. The first-order chi connectivity index (χ1) is 10.2. The molecule has 1 aromatic heterocycles. The van der Waals surface area contributed by atoms with Crippen molar-refractivity contribution >= 4 is 16.9 Å². The number of para-hydroxylation sites is 1. The summed E-state index contributed by atoms with van der Waals surface area (Å²) in [7, 11) is 1.58. The third-order valence-electron chi connectivity index (χ3n) is 4.03. The summed E-state index contributed by atoms with van der Waals surface area (Å²) in [6.45, 7) is 1.89. The van der Waals surface area contributed by atoms with Crippen LogP contribution in [-0.2, 0) is 0 Å². The average Bonchev–Trinajstić information content (AvgIpc) is 2.53. The molecule has 2 aromatic rings. The van der Waals surface area contributed by atoms with Gasteiger partial charge >= 0.3 is 5.97 Å². The quantitative estimate of drug-likeness (QED) is 0.906. The summed E-state index contributed by atoms with van der Waals surface area (Å²) in [6.07, 6.45) is 1.96. The van der Waals surface area contributed by atoms with E-state index in [2.05, 4.69) is 5.32 Å². The van der Waals surface area contributed by atoms with Gasteiger partial charge in [-0.2, -0.15) is 0 Å². The molecule has 0 aliphatic carbocycles. The highest BCUT2D eigenvalue weighted by atomic mass is 16.5. The molecule has 1 fully saturated rings. The molecule has 1 aliphatic heterocycles. The molecule has 110 valence electrons. The predicted molar refractivity (Wildman–Crippen MR) is 80.1 cm³/mol. The van der Waals surface area contributed by atoms with Gasteiger partial charge in [-0.05, 0) is 38.1 Å². The molecule has 0 amide bonds. The van der Waals surface area contributed by atoms with Gasteiger partial charge in [0, 0.05) is 17.0 Å². The number of carboxylic acid groups (broad SMARTS) is 1. The number of hydrogen-bond donors (Lipinski definition) is 2. The largest absolute Gasteiger partial charge is 0.494 e. The molecule has 1 aromatic carbocycles. The molecule has 0 unspecified atom stereocenters. The molecule has 2 N–H and O–H groups in total. The van der Waals surface area contributed by atoms with Crippen molar-refractivity contribution in [2.75, 3.05) is 20.2 Å². The summed E-state index contributed by atoms with van der Waals surface area (Å²) >= 11 is 0. The summed E-state index contributed by atoms with van der Waals surface area (Å²) in [5.41, 5.74) is 1.78. The lowest BCUT2D eigenvalue weighted by atomic mass is 9.92. The van der Waals surface area contributed by atoms with Crippen LogP contribution in [0.25, 0.3) is 10.9 Å². The van der Waals surface area contributed by atoms with Crippen LogP contribution in [0.5, 0.6) is 5.75 Å². The maximum Gasteiger partial charge on any atom is 0.336 e. The molecule has 0 spiro atoms. The van der Waals surface area contributed by atoms with E-state index in [4.69, 9.17) is 9.72 Å². The Bertz CT molecular complexity index is 679. The molecule has 0 radical (unpaired) electrons. The summed E-state index contributed by atoms with van der Waals surface area (Å²) in [5.74, 6) is -0.00437. The number of pyridine rings is 1. The topological polar surface area (TPSA) is 71.5 Å². The zero-order chi connectivity index (χ0) is 14.8. The van der Waals surface area contributed by atoms with Crippen LogP contribution < -0.4 is 10.1 Å². The lowest BCUT2D eigenvalue weighted by Crippen LogP contribution is -2.27. The number of fused-ring (bicyclic) bond motifs is 1. The van der Waals surface area contributed by atoms with E-state index < -0.39 is 5.97 Å². The van der Waals surface area contributed by atoms with Crippen LogP contribution in [0.2, 0.25) is 0 Å². The molecular formula is C16H18N2O3. The summed E-state index contributed by atoms with van der Waals surface area (Å²) < 4.78 is 5.34. The normalized spacial score (nSPS) is 16.0. The van der Waals surface area contributed by atoms with E-state index in [1.165, 1.54) is 0 Å². The van der Waals surface area contributed by atoms with E-state index in [1.807, 2.05) is 6.07 Å². The molecule has 0 atom stereocenters. The molecule has 5 nitrogen and oxygen atoms in total. The Kier molecular flexibility index (Phi) is 3.75. The lowest BCUT2D eigenvalue weighted by Gasteiger charge is -2.23. The van der Waals surface area contributed by atoms with Crippen LogP contribution in [0.15, 0.2) is 24.3 Å². The number of nitrogens with one attached hydrogen (secondary N) is 1. The van der Waals surface area contributed by atoms with Gasteiger partial charge in [0.25, 0.3) is 0 Å². The van der Waals surface area contributed by atoms with Crippen LogP contribution in [0.1, 0.15) is 34.8 Å². The van der Waals surface area contributed by atoms with Crippen LogP contribution in [0, 0.1) is 0 Å². The highest BCUT2D eigenvalue weighted by Gasteiger charge is 2.21. The molecule has 21 heavy (non-hydrogen) atoms. The van der Waals surface area contributed by atoms with Gasteiger partial charge < -0.3 is 15.2 Å². The number of nitrogens with zero attached hydrogens (tertiary/aromatic N) is 1. The van der Waals surface area contributed by atoms with Crippen LogP contribution in [0.3, 0.4) is 0 Å². The van der Waals surface area contributed by atoms with E-state index in [1.54, 1.807) is 25.3 Å². The van der Waals surface area contributed by atoms with Gasteiger partial charge in [-0.1, -0.05) is 12.1 Å².